The number of rotatable bonds is 8. The fourth-order valence-electron chi connectivity index (χ4n) is 3.87. The van der Waals surface area contributed by atoms with Gasteiger partial charge in [-0.2, -0.15) is 0 Å². The van der Waals surface area contributed by atoms with Gasteiger partial charge in [0.25, 0.3) is 5.92 Å². The standard InChI is InChI=1S/C26H23F2NO3/c1-32-23-12-8-18(9-13-23)17-6-10-21(11-7-17)26(27,28)16-20(25(30)31)15-22-14-19-4-2-3-5-24(19)29-22/h2-14,20,29H,15-16H2,1H3,(H,30,31). The van der Waals surface area contributed by atoms with Crippen molar-refractivity contribution in [1.82, 2.24) is 4.98 Å². The van der Waals surface area contributed by atoms with Crippen LogP contribution in [-0.2, 0) is 17.1 Å². The quantitative estimate of drug-likeness (QED) is 0.343. The molecule has 3 aromatic carbocycles. The Morgan fingerprint density at radius 3 is 2.22 bits per heavy atom. The largest absolute Gasteiger partial charge is 0.497 e. The number of fused-ring (bicyclic) bond motifs is 1. The molecule has 0 saturated heterocycles. The van der Waals surface area contributed by atoms with Crippen molar-refractivity contribution in [3.63, 3.8) is 0 Å². The SMILES string of the molecule is COc1ccc(-c2ccc(C(F)(F)CC(Cc3cc4ccccc4[nH]3)C(=O)O)cc2)cc1. The van der Waals surface area contributed by atoms with E-state index in [1.807, 2.05) is 42.5 Å². The van der Waals surface area contributed by atoms with Crippen molar-refractivity contribution in [2.45, 2.75) is 18.8 Å². The van der Waals surface area contributed by atoms with E-state index in [0.29, 0.717) is 11.4 Å². The molecule has 2 N–H and O–H groups in total. The number of carbonyl (C=O) groups is 1. The van der Waals surface area contributed by atoms with Gasteiger partial charge in [0.15, 0.2) is 0 Å². The zero-order valence-corrected chi connectivity index (χ0v) is 17.5. The molecular weight excluding hydrogens is 412 g/mol. The van der Waals surface area contributed by atoms with Crippen LogP contribution in [0.2, 0.25) is 0 Å². The summed E-state index contributed by atoms with van der Waals surface area (Å²) in [4.78, 5) is 14.9. The summed E-state index contributed by atoms with van der Waals surface area (Å²) in [6.45, 7) is 0. The van der Waals surface area contributed by atoms with Crippen molar-refractivity contribution < 1.29 is 23.4 Å². The lowest BCUT2D eigenvalue weighted by atomic mass is 9.91. The fourth-order valence-corrected chi connectivity index (χ4v) is 3.87. The number of methoxy groups -OCH3 is 1. The number of carboxylic acids is 1. The van der Waals surface area contributed by atoms with E-state index in [2.05, 4.69) is 4.98 Å². The number of alkyl halides is 2. The smallest absolute Gasteiger partial charge is 0.307 e. The van der Waals surface area contributed by atoms with Crippen LogP contribution in [0, 0.1) is 5.92 Å². The molecule has 0 saturated carbocycles. The minimum absolute atomic E-state index is 0.00351. The van der Waals surface area contributed by atoms with Crippen molar-refractivity contribution in [2.24, 2.45) is 5.92 Å². The summed E-state index contributed by atoms with van der Waals surface area (Å²) in [5, 5.41) is 10.5. The second-order valence-corrected chi connectivity index (χ2v) is 7.84. The molecule has 0 aliphatic heterocycles. The lowest BCUT2D eigenvalue weighted by Gasteiger charge is -2.21. The number of para-hydroxylation sites is 1. The van der Waals surface area contributed by atoms with Gasteiger partial charge in [-0.3, -0.25) is 4.79 Å². The van der Waals surface area contributed by atoms with Crippen LogP contribution in [0.1, 0.15) is 17.7 Å². The first kappa shape index (κ1) is 21.6. The number of benzene rings is 3. The molecule has 0 bridgehead atoms. The molecule has 0 fully saturated rings. The van der Waals surface area contributed by atoms with Crippen LogP contribution >= 0.6 is 0 Å². The summed E-state index contributed by atoms with van der Waals surface area (Å²) >= 11 is 0. The van der Waals surface area contributed by atoms with E-state index in [1.54, 1.807) is 31.4 Å². The van der Waals surface area contributed by atoms with Gasteiger partial charge < -0.3 is 14.8 Å². The Morgan fingerprint density at radius 2 is 1.62 bits per heavy atom. The van der Waals surface area contributed by atoms with Crippen molar-refractivity contribution in [1.29, 1.82) is 0 Å². The maximum Gasteiger partial charge on any atom is 0.307 e. The molecule has 1 aromatic heterocycles. The molecule has 0 amide bonds. The zero-order valence-electron chi connectivity index (χ0n) is 17.5. The third-order valence-electron chi connectivity index (χ3n) is 5.63. The summed E-state index contributed by atoms with van der Waals surface area (Å²) < 4.78 is 35.2. The van der Waals surface area contributed by atoms with Crippen LogP contribution < -0.4 is 4.74 Å². The van der Waals surface area contributed by atoms with Crippen molar-refractivity contribution >= 4 is 16.9 Å². The number of hydrogen-bond acceptors (Lipinski definition) is 2. The normalized spacial score (nSPS) is 12.6. The van der Waals surface area contributed by atoms with E-state index < -0.39 is 24.2 Å². The summed E-state index contributed by atoms with van der Waals surface area (Å²) in [5.41, 5.74) is 2.96. The molecule has 4 aromatic rings. The summed E-state index contributed by atoms with van der Waals surface area (Å²) in [6.07, 6.45) is -0.775. The van der Waals surface area contributed by atoms with Gasteiger partial charge in [-0.05, 0) is 40.8 Å². The summed E-state index contributed by atoms with van der Waals surface area (Å²) in [5.74, 6) is -5.02. The molecule has 1 atom stereocenters. The molecule has 4 nitrogen and oxygen atoms in total. The molecule has 1 heterocycles. The Morgan fingerprint density at radius 1 is 1.00 bits per heavy atom. The van der Waals surface area contributed by atoms with E-state index in [9.17, 15) is 9.90 Å². The number of halogens is 2. The van der Waals surface area contributed by atoms with Crippen LogP contribution in [0.15, 0.2) is 78.9 Å². The molecule has 32 heavy (non-hydrogen) atoms. The molecule has 0 aliphatic rings. The molecule has 0 aliphatic carbocycles. The molecule has 4 rings (SSSR count). The summed E-state index contributed by atoms with van der Waals surface area (Å²) in [6, 6.07) is 22.6. The Hall–Kier alpha value is -3.67. The molecule has 1 unspecified atom stereocenters. The van der Waals surface area contributed by atoms with Gasteiger partial charge in [0.05, 0.1) is 13.0 Å². The average molecular weight is 435 g/mol. The number of aromatic amines is 1. The Balaban J connectivity index is 1.50. The first-order valence-electron chi connectivity index (χ1n) is 10.3. The average Bonchev–Trinajstić information content (AvgIpc) is 3.21. The number of carboxylic acid groups (broad SMARTS) is 1. The minimum atomic E-state index is -3.27. The van der Waals surface area contributed by atoms with Crippen molar-refractivity contribution in [3.8, 4) is 16.9 Å². The van der Waals surface area contributed by atoms with Crippen LogP contribution in [0.5, 0.6) is 5.75 Å². The molecule has 0 radical (unpaired) electrons. The van der Waals surface area contributed by atoms with Gasteiger partial charge in [-0.25, -0.2) is 8.78 Å². The van der Waals surface area contributed by atoms with Crippen LogP contribution in [0.4, 0.5) is 8.78 Å². The zero-order chi connectivity index (χ0) is 22.7. The van der Waals surface area contributed by atoms with Gasteiger partial charge in [0, 0.05) is 29.6 Å². The Labute approximate surface area is 184 Å². The third-order valence-corrected chi connectivity index (χ3v) is 5.63. The number of hydrogen-bond donors (Lipinski definition) is 2. The maximum atomic E-state index is 15.0. The van der Waals surface area contributed by atoms with Crippen LogP contribution in [0.25, 0.3) is 22.0 Å². The predicted octanol–water partition coefficient (Wildman–Crippen LogP) is 6.27. The first-order valence-corrected chi connectivity index (χ1v) is 10.3. The van der Waals surface area contributed by atoms with Crippen LogP contribution in [0.3, 0.4) is 0 Å². The van der Waals surface area contributed by atoms with Gasteiger partial charge in [0.2, 0.25) is 0 Å². The lowest BCUT2D eigenvalue weighted by molar-refractivity contribution is -0.145. The van der Waals surface area contributed by atoms with Crippen LogP contribution in [-0.4, -0.2) is 23.2 Å². The van der Waals surface area contributed by atoms with E-state index in [0.717, 1.165) is 22.0 Å². The van der Waals surface area contributed by atoms with Crippen molar-refractivity contribution in [3.05, 3.63) is 90.1 Å². The monoisotopic (exact) mass is 435 g/mol. The highest BCUT2D eigenvalue weighted by molar-refractivity contribution is 5.80. The second kappa shape index (κ2) is 8.83. The number of aliphatic carboxylic acids is 1. The molecule has 0 spiro atoms. The fraction of sp³-hybridized carbons (Fsp3) is 0.192. The minimum Gasteiger partial charge on any atom is -0.497 e. The van der Waals surface area contributed by atoms with Gasteiger partial charge in [-0.1, -0.05) is 54.6 Å². The topological polar surface area (TPSA) is 62.3 Å². The number of nitrogens with one attached hydrogen (secondary N) is 1. The highest BCUT2D eigenvalue weighted by Crippen LogP contribution is 2.37. The van der Waals surface area contributed by atoms with E-state index >= 15 is 8.78 Å². The Kier molecular flexibility index (Phi) is 5.95. The molecule has 164 valence electrons. The summed E-state index contributed by atoms with van der Waals surface area (Å²) in [7, 11) is 1.58. The van der Waals surface area contributed by atoms with E-state index in [4.69, 9.17) is 4.74 Å². The lowest BCUT2D eigenvalue weighted by Crippen LogP contribution is -2.26. The third kappa shape index (κ3) is 4.64. The maximum absolute atomic E-state index is 15.0. The van der Waals surface area contributed by atoms with E-state index in [-0.39, 0.29) is 12.0 Å². The molecular formula is C26H23F2NO3. The first-order chi connectivity index (χ1) is 15.4. The Bertz CT molecular complexity index is 1180. The number of H-pyrrole nitrogens is 1. The van der Waals surface area contributed by atoms with Gasteiger partial charge in [0.1, 0.15) is 5.75 Å². The van der Waals surface area contributed by atoms with Crippen molar-refractivity contribution in [2.75, 3.05) is 7.11 Å². The van der Waals surface area contributed by atoms with Gasteiger partial charge >= 0.3 is 5.97 Å². The number of aromatic nitrogens is 1. The van der Waals surface area contributed by atoms with Gasteiger partial charge in [-0.15, -0.1) is 0 Å². The predicted molar refractivity (Wildman–Crippen MR) is 120 cm³/mol. The highest BCUT2D eigenvalue weighted by atomic mass is 19.3. The second-order valence-electron chi connectivity index (χ2n) is 7.84. The van der Waals surface area contributed by atoms with E-state index in [1.165, 1.54) is 12.1 Å². The number of ether oxygens (including phenoxy) is 1. The highest BCUT2D eigenvalue weighted by Gasteiger charge is 2.37. The molecule has 6 heteroatoms.